The second-order valence-electron chi connectivity index (χ2n) is 4.67. The Bertz CT molecular complexity index is 701. The monoisotopic (exact) mass is 252 g/mol. The Labute approximate surface area is 111 Å². The van der Waals surface area contributed by atoms with Gasteiger partial charge in [0.1, 0.15) is 5.82 Å². The molecule has 0 aliphatic carbocycles. The fourth-order valence-electron chi connectivity index (χ4n) is 2.28. The van der Waals surface area contributed by atoms with E-state index in [1.54, 1.807) is 0 Å². The zero-order chi connectivity index (χ0) is 13.2. The number of hydrogen-bond donors (Lipinski definition) is 1. The smallest absolute Gasteiger partial charge is 0.161 e. The summed E-state index contributed by atoms with van der Waals surface area (Å²) in [5, 5.41) is 8.46. The Morgan fingerprint density at radius 3 is 2.58 bits per heavy atom. The SMILES string of the molecule is Cc1c(N)ccc2nnc(CCc3ccccc3)n12. The Morgan fingerprint density at radius 1 is 1.00 bits per heavy atom. The molecular weight excluding hydrogens is 236 g/mol. The van der Waals surface area contributed by atoms with Gasteiger partial charge in [-0.05, 0) is 31.0 Å². The molecule has 1 aromatic carbocycles. The van der Waals surface area contributed by atoms with E-state index in [0.29, 0.717) is 0 Å². The van der Waals surface area contributed by atoms with Crippen molar-refractivity contribution in [2.45, 2.75) is 19.8 Å². The first kappa shape index (κ1) is 11.7. The topological polar surface area (TPSA) is 56.2 Å². The standard InChI is InChI=1S/C15H16N4/c1-11-13(16)8-10-15-18-17-14(19(11)15)9-7-12-5-3-2-4-6-12/h2-6,8,10H,7,9,16H2,1H3. The zero-order valence-electron chi connectivity index (χ0n) is 10.9. The van der Waals surface area contributed by atoms with E-state index < -0.39 is 0 Å². The van der Waals surface area contributed by atoms with Crippen LogP contribution in [0, 0.1) is 6.92 Å². The molecule has 0 aliphatic heterocycles. The van der Waals surface area contributed by atoms with E-state index in [1.807, 2.05) is 29.5 Å². The van der Waals surface area contributed by atoms with Crippen molar-refractivity contribution in [2.75, 3.05) is 5.73 Å². The van der Waals surface area contributed by atoms with Crippen molar-refractivity contribution >= 4 is 11.3 Å². The first-order valence-corrected chi connectivity index (χ1v) is 6.39. The van der Waals surface area contributed by atoms with Gasteiger partial charge < -0.3 is 5.73 Å². The maximum Gasteiger partial charge on any atom is 0.161 e. The van der Waals surface area contributed by atoms with E-state index in [-0.39, 0.29) is 0 Å². The molecule has 2 aromatic heterocycles. The van der Waals surface area contributed by atoms with Gasteiger partial charge in [0, 0.05) is 12.1 Å². The fourth-order valence-corrected chi connectivity index (χ4v) is 2.28. The maximum absolute atomic E-state index is 5.94. The molecule has 2 N–H and O–H groups in total. The molecular formula is C15H16N4. The first-order chi connectivity index (χ1) is 9.25. The lowest BCUT2D eigenvalue weighted by atomic mass is 10.1. The molecule has 3 rings (SSSR count). The van der Waals surface area contributed by atoms with E-state index in [1.165, 1.54) is 5.56 Å². The number of anilines is 1. The highest BCUT2D eigenvalue weighted by Crippen LogP contribution is 2.16. The van der Waals surface area contributed by atoms with E-state index in [9.17, 15) is 0 Å². The summed E-state index contributed by atoms with van der Waals surface area (Å²) in [7, 11) is 0. The highest BCUT2D eigenvalue weighted by Gasteiger charge is 2.09. The minimum absolute atomic E-state index is 0.772. The second kappa shape index (κ2) is 4.72. The van der Waals surface area contributed by atoms with Gasteiger partial charge in [-0.2, -0.15) is 0 Å². The van der Waals surface area contributed by atoms with Crippen LogP contribution in [0.25, 0.3) is 5.65 Å². The number of nitrogens with two attached hydrogens (primary N) is 1. The van der Waals surface area contributed by atoms with Gasteiger partial charge in [-0.15, -0.1) is 10.2 Å². The number of nitrogen functional groups attached to an aromatic ring is 1. The number of pyridine rings is 1. The summed E-state index contributed by atoms with van der Waals surface area (Å²) < 4.78 is 2.04. The number of rotatable bonds is 3. The second-order valence-corrected chi connectivity index (χ2v) is 4.67. The molecule has 0 saturated heterocycles. The van der Waals surface area contributed by atoms with Crippen LogP contribution in [0.1, 0.15) is 17.1 Å². The number of hydrogen-bond acceptors (Lipinski definition) is 3. The van der Waals surface area contributed by atoms with Crippen molar-refractivity contribution in [2.24, 2.45) is 0 Å². The lowest BCUT2D eigenvalue weighted by molar-refractivity contribution is 0.830. The summed E-state index contributed by atoms with van der Waals surface area (Å²) in [4.78, 5) is 0. The minimum atomic E-state index is 0.772. The summed E-state index contributed by atoms with van der Waals surface area (Å²) in [6.45, 7) is 2.00. The Hall–Kier alpha value is -2.36. The van der Waals surface area contributed by atoms with Gasteiger partial charge in [-0.1, -0.05) is 30.3 Å². The van der Waals surface area contributed by atoms with Crippen LogP contribution in [0.15, 0.2) is 42.5 Å². The molecule has 0 radical (unpaired) electrons. The number of aryl methyl sites for hydroxylation is 3. The molecule has 0 bridgehead atoms. The van der Waals surface area contributed by atoms with Crippen molar-refractivity contribution in [3.05, 3.63) is 59.5 Å². The molecule has 0 unspecified atom stereocenters. The normalized spacial score (nSPS) is 11.0. The Morgan fingerprint density at radius 2 is 1.79 bits per heavy atom. The number of benzene rings is 1. The summed E-state index contributed by atoms with van der Waals surface area (Å²) >= 11 is 0. The molecule has 0 saturated carbocycles. The van der Waals surface area contributed by atoms with Crippen LogP contribution in [-0.4, -0.2) is 14.6 Å². The molecule has 0 aliphatic rings. The van der Waals surface area contributed by atoms with E-state index in [4.69, 9.17) is 5.73 Å². The maximum atomic E-state index is 5.94. The lowest BCUT2D eigenvalue weighted by Crippen LogP contribution is -2.03. The van der Waals surface area contributed by atoms with Crippen LogP contribution < -0.4 is 5.73 Å². The van der Waals surface area contributed by atoms with Crippen molar-refractivity contribution < 1.29 is 0 Å². The van der Waals surface area contributed by atoms with Crippen LogP contribution in [0.2, 0.25) is 0 Å². The molecule has 3 aromatic rings. The average Bonchev–Trinajstić information content (AvgIpc) is 2.86. The van der Waals surface area contributed by atoms with Crippen LogP contribution in [0.3, 0.4) is 0 Å². The van der Waals surface area contributed by atoms with Gasteiger partial charge in [0.25, 0.3) is 0 Å². The molecule has 0 amide bonds. The summed E-state index contributed by atoms with van der Waals surface area (Å²) in [6, 6.07) is 14.2. The van der Waals surface area contributed by atoms with Gasteiger partial charge in [-0.25, -0.2) is 0 Å². The van der Waals surface area contributed by atoms with Gasteiger partial charge in [0.2, 0.25) is 0 Å². The predicted octanol–water partition coefficient (Wildman–Crippen LogP) is 2.41. The molecule has 0 spiro atoms. The summed E-state index contributed by atoms with van der Waals surface area (Å²) in [6.07, 6.45) is 1.81. The highest BCUT2D eigenvalue weighted by atomic mass is 15.2. The third kappa shape index (κ3) is 2.17. The quantitative estimate of drug-likeness (QED) is 0.778. The number of aromatic nitrogens is 3. The summed E-state index contributed by atoms with van der Waals surface area (Å²) in [5.41, 5.74) is 9.88. The Kier molecular flexibility index (Phi) is 2.91. The zero-order valence-corrected chi connectivity index (χ0v) is 10.9. The van der Waals surface area contributed by atoms with Crippen LogP contribution >= 0.6 is 0 Å². The third-order valence-corrected chi connectivity index (χ3v) is 3.40. The fraction of sp³-hybridized carbons (Fsp3) is 0.200. The summed E-state index contributed by atoms with van der Waals surface area (Å²) in [5.74, 6) is 0.962. The molecule has 96 valence electrons. The first-order valence-electron chi connectivity index (χ1n) is 6.39. The minimum Gasteiger partial charge on any atom is -0.397 e. The van der Waals surface area contributed by atoms with E-state index >= 15 is 0 Å². The van der Waals surface area contributed by atoms with Gasteiger partial charge in [0.05, 0.1) is 5.69 Å². The van der Waals surface area contributed by atoms with E-state index in [0.717, 1.165) is 35.7 Å². The van der Waals surface area contributed by atoms with Crippen LogP contribution in [-0.2, 0) is 12.8 Å². The third-order valence-electron chi connectivity index (χ3n) is 3.40. The lowest BCUT2D eigenvalue weighted by Gasteiger charge is -2.06. The van der Waals surface area contributed by atoms with Crippen LogP contribution in [0.4, 0.5) is 5.69 Å². The highest BCUT2D eigenvalue weighted by molar-refractivity contribution is 5.52. The molecule has 4 nitrogen and oxygen atoms in total. The number of fused-ring (bicyclic) bond motifs is 1. The average molecular weight is 252 g/mol. The Balaban J connectivity index is 1.91. The number of nitrogens with zero attached hydrogens (tertiary/aromatic N) is 3. The van der Waals surface area contributed by atoms with Gasteiger partial charge in [0.15, 0.2) is 5.65 Å². The molecule has 4 heteroatoms. The van der Waals surface area contributed by atoms with Crippen molar-refractivity contribution in [3.63, 3.8) is 0 Å². The van der Waals surface area contributed by atoms with Crippen LogP contribution in [0.5, 0.6) is 0 Å². The predicted molar refractivity (Wildman–Crippen MR) is 76.0 cm³/mol. The molecule has 0 atom stereocenters. The largest absolute Gasteiger partial charge is 0.397 e. The van der Waals surface area contributed by atoms with Gasteiger partial charge in [-0.3, -0.25) is 4.40 Å². The van der Waals surface area contributed by atoms with Crippen molar-refractivity contribution in [1.82, 2.24) is 14.6 Å². The molecule has 2 heterocycles. The molecule has 19 heavy (non-hydrogen) atoms. The van der Waals surface area contributed by atoms with Crippen molar-refractivity contribution in [3.8, 4) is 0 Å². The van der Waals surface area contributed by atoms with Gasteiger partial charge >= 0.3 is 0 Å². The van der Waals surface area contributed by atoms with Crippen molar-refractivity contribution in [1.29, 1.82) is 0 Å². The van der Waals surface area contributed by atoms with E-state index in [2.05, 4.69) is 34.5 Å². The molecule has 0 fully saturated rings.